The molecule has 1 rings (SSSR count). The molecule has 0 aliphatic carbocycles. The van der Waals surface area contributed by atoms with E-state index in [0.717, 1.165) is 22.2 Å². The Kier molecular flexibility index (Phi) is 6.11. The molecule has 0 saturated heterocycles. The number of rotatable bonds is 8. The molecule has 1 heterocycles. The van der Waals surface area contributed by atoms with Crippen molar-refractivity contribution in [3.63, 3.8) is 0 Å². The van der Waals surface area contributed by atoms with Crippen LogP contribution >= 0.6 is 23.1 Å². The average Bonchev–Trinajstić information content (AvgIpc) is 2.75. The third kappa shape index (κ3) is 3.96. The average molecular weight is 288 g/mol. The molecule has 1 aromatic heterocycles. The third-order valence-electron chi connectivity index (χ3n) is 3.06. The van der Waals surface area contributed by atoms with Crippen LogP contribution in [0.15, 0.2) is 9.72 Å². The van der Waals surface area contributed by atoms with Crippen LogP contribution < -0.4 is 5.32 Å². The quantitative estimate of drug-likeness (QED) is 0.569. The summed E-state index contributed by atoms with van der Waals surface area (Å²) in [6, 6.07) is 0. The number of thioether (sulfide) groups is 1. The molecular formula is C12H20N2O2S2. The molecule has 0 amide bonds. The van der Waals surface area contributed by atoms with Gasteiger partial charge in [-0.15, -0.1) is 11.3 Å². The van der Waals surface area contributed by atoms with Gasteiger partial charge in [0.2, 0.25) is 0 Å². The number of hydrogen-bond donors (Lipinski definition) is 2. The zero-order chi connectivity index (χ0) is 13.6. The number of aryl methyl sites for hydroxylation is 1. The summed E-state index contributed by atoms with van der Waals surface area (Å²) in [4.78, 5) is 15.6. The Bertz CT molecular complexity index is 389. The molecule has 18 heavy (non-hydrogen) atoms. The van der Waals surface area contributed by atoms with Gasteiger partial charge >= 0.3 is 5.97 Å². The summed E-state index contributed by atoms with van der Waals surface area (Å²) >= 11 is 3.35. The molecule has 1 aromatic rings. The molecule has 0 bridgehead atoms. The van der Waals surface area contributed by atoms with Gasteiger partial charge in [0.15, 0.2) is 0 Å². The number of likely N-dealkylation sites (N-methyl/N-ethyl adjacent to an activating group) is 1. The van der Waals surface area contributed by atoms with Gasteiger partial charge in [0.05, 0.1) is 0 Å². The predicted octanol–water partition coefficient (Wildman–Crippen LogP) is 2.78. The minimum absolute atomic E-state index is 0.597. The summed E-state index contributed by atoms with van der Waals surface area (Å²) in [6.45, 7) is 3.88. The van der Waals surface area contributed by atoms with Crippen LogP contribution in [0, 0.1) is 6.92 Å². The second-order valence-corrected chi connectivity index (χ2v) is 6.40. The summed E-state index contributed by atoms with van der Waals surface area (Å²) in [5.74, 6) is 0.145. The molecule has 0 radical (unpaired) electrons. The number of thiazole rings is 1. The second kappa shape index (κ2) is 7.11. The van der Waals surface area contributed by atoms with Crippen LogP contribution in [0.25, 0.3) is 0 Å². The monoisotopic (exact) mass is 288 g/mol. The Morgan fingerprint density at radius 3 is 2.83 bits per heavy atom. The van der Waals surface area contributed by atoms with Gasteiger partial charge in [-0.05, 0) is 33.2 Å². The van der Waals surface area contributed by atoms with Crippen molar-refractivity contribution in [1.82, 2.24) is 10.3 Å². The zero-order valence-electron chi connectivity index (χ0n) is 11.0. The SMILES string of the molecule is CCC(CCCSc1nc(C)cs1)(NC)C(=O)O. The lowest BCUT2D eigenvalue weighted by atomic mass is 9.91. The number of nitrogens with zero attached hydrogens (tertiary/aromatic N) is 1. The Labute approximate surface area is 116 Å². The van der Waals surface area contributed by atoms with Crippen molar-refractivity contribution in [2.45, 2.75) is 43.0 Å². The van der Waals surface area contributed by atoms with Crippen molar-refractivity contribution < 1.29 is 9.90 Å². The molecule has 6 heteroatoms. The Morgan fingerprint density at radius 2 is 2.39 bits per heavy atom. The van der Waals surface area contributed by atoms with Crippen molar-refractivity contribution in [2.24, 2.45) is 0 Å². The maximum atomic E-state index is 11.3. The molecule has 0 spiro atoms. The van der Waals surface area contributed by atoms with E-state index in [1.807, 2.05) is 19.2 Å². The van der Waals surface area contributed by atoms with Gasteiger partial charge in [0, 0.05) is 16.8 Å². The predicted molar refractivity (Wildman–Crippen MR) is 76.5 cm³/mol. The van der Waals surface area contributed by atoms with E-state index in [0.29, 0.717) is 12.8 Å². The maximum absolute atomic E-state index is 11.3. The number of carbonyl (C=O) groups is 1. The van der Waals surface area contributed by atoms with Gasteiger partial charge in [-0.2, -0.15) is 0 Å². The van der Waals surface area contributed by atoms with Gasteiger partial charge in [-0.3, -0.25) is 4.79 Å². The molecular weight excluding hydrogens is 268 g/mol. The molecule has 0 aliphatic rings. The summed E-state index contributed by atoms with van der Waals surface area (Å²) in [6.07, 6.45) is 2.11. The summed E-state index contributed by atoms with van der Waals surface area (Å²) in [7, 11) is 1.72. The molecule has 2 N–H and O–H groups in total. The van der Waals surface area contributed by atoms with E-state index in [-0.39, 0.29) is 0 Å². The minimum atomic E-state index is -0.778. The highest BCUT2D eigenvalue weighted by Gasteiger charge is 2.33. The number of carboxylic acids is 1. The normalized spacial score (nSPS) is 14.4. The third-order valence-corrected chi connectivity index (χ3v) is 5.29. The lowest BCUT2D eigenvalue weighted by molar-refractivity contribution is -0.145. The highest BCUT2D eigenvalue weighted by atomic mass is 32.2. The first-order valence-corrected chi connectivity index (χ1v) is 7.88. The van der Waals surface area contributed by atoms with Crippen molar-refractivity contribution in [3.05, 3.63) is 11.1 Å². The fourth-order valence-electron chi connectivity index (χ4n) is 1.78. The van der Waals surface area contributed by atoms with Crippen LogP contribution in [0.2, 0.25) is 0 Å². The Balaban J connectivity index is 2.38. The van der Waals surface area contributed by atoms with Crippen LogP contribution in [0.3, 0.4) is 0 Å². The van der Waals surface area contributed by atoms with Gasteiger partial charge in [-0.25, -0.2) is 4.98 Å². The minimum Gasteiger partial charge on any atom is -0.480 e. The van der Waals surface area contributed by atoms with Crippen LogP contribution in [0.5, 0.6) is 0 Å². The summed E-state index contributed by atoms with van der Waals surface area (Å²) < 4.78 is 1.06. The lowest BCUT2D eigenvalue weighted by Gasteiger charge is -2.27. The van der Waals surface area contributed by atoms with Gasteiger partial charge in [0.1, 0.15) is 9.88 Å². The van der Waals surface area contributed by atoms with E-state index in [1.54, 1.807) is 30.1 Å². The first kappa shape index (κ1) is 15.5. The van der Waals surface area contributed by atoms with E-state index in [1.165, 1.54) is 0 Å². The first-order chi connectivity index (χ1) is 8.54. The van der Waals surface area contributed by atoms with Gasteiger partial charge < -0.3 is 10.4 Å². The molecule has 0 saturated carbocycles. The van der Waals surface area contributed by atoms with E-state index in [4.69, 9.17) is 0 Å². The smallest absolute Gasteiger partial charge is 0.323 e. The molecule has 102 valence electrons. The molecule has 4 nitrogen and oxygen atoms in total. The summed E-state index contributed by atoms with van der Waals surface area (Å²) in [5, 5.41) is 14.2. The zero-order valence-corrected chi connectivity index (χ0v) is 12.7. The standard InChI is InChI=1S/C12H20N2O2S2/c1-4-12(13-3,10(15)16)6-5-7-17-11-14-9(2)8-18-11/h8,13H,4-7H2,1-3H3,(H,15,16). The number of carboxylic acid groups (broad SMARTS) is 1. The lowest BCUT2D eigenvalue weighted by Crippen LogP contribution is -2.49. The number of hydrogen-bond acceptors (Lipinski definition) is 5. The largest absolute Gasteiger partial charge is 0.480 e. The van der Waals surface area contributed by atoms with Crippen LogP contribution in [0.4, 0.5) is 0 Å². The summed E-state index contributed by atoms with van der Waals surface area (Å²) in [5.41, 5.74) is 0.269. The Hall–Kier alpha value is -0.590. The van der Waals surface area contributed by atoms with E-state index in [2.05, 4.69) is 10.3 Å². The molecule has 0 aromatic carbocycles. The van der Waals surface area contributed by atoms with E-state index < -0.39 is 11.5 Å². The molecule has 0 aliphatic heterocycles. The van der Waals surface area contributed by atoms with Crippen molar-refractivity contribution in [1.29, 1.82) is 0 Å². The van der Waals surface area contributed by atoms with E-state index in [9.17, 15) is 9.90 Å². The van der Waals surface area contributed by atoms with Gasteiger partial charge in [0.25, 0.3) is 0 Å². The van der Waals surface area contributed by atoms with Crippen LogP contribution in [-0.2, 0) is 4.79 Å². The van der Waals surface area contributed by atoms with E-state index >= 15 is 0 Å². The molecule has 1 unspecified atom stereocenters. The number of aliphatic carboxylic acids is 1. The van der Waals surface area contributed by atoms with Crippen molar-refractivity contribution in [3.8, 4) is 0 Å². The fraction of sp³-hybridized carbons (Fsp3) is 0.667. The maximum Gasteiger partial charge on any atom is 0.323 e. The second-order valence-electron chi connectivity index (χ2n) is 4.20. The highest BCUT2D eigenvalue weighted by Crippen LogP contribution is 2.25. The topological polar surface area (TPSA) is 62.2 Å². The first-order valence-electron chi connectivity index (χ1n) is 6.01. The Morgan fingerprint density at radius 1 is 1.67 bits per heavy atom. The van der Waals surface area contributed by atoms with Crippen molar-refractivity contribution >= 4 is 29.1 Å². The van der Waals surface area contributed by atoms with Gasteiger partial charge in [-0.1, -0.05) is 18.7 Å². The van der Waals surface area contributed by atoms with Crippen molar-refractivity contribution in [2.75, 3.05) is 12.8 Å². The number of aromatic nitrogens is 1. The highest BCUT2D eigenvalue weighted by molar-refractivity contribution is 8.00. The molecule has 1 atom stereocenters. The molecule has 0 fully saturated rings. The van der Waals surface area contributed by atoms with Crippen LogP contribution in [0.1, 0.15) is 31.9 Å². The number of nitrogens with one attached hydrogen (secondary N) is 1. The van der Waals surface area contributed by atoms with Crippen LogP contribution in [-0.4, -0.2) is 34.4 Å². The fourth-order valence-corrected chi connectivity index (χ4v) is 3.63.